The van der Waals surface area contributed by atoms with E-state index in [9.17, 15) is 4.79 Å². The maximum Gasteiger partial charge on any atom is 0.242 e. The summed E-state index contributed by atoms with van der Waals surface area (Å²) in [6.07, 6.45) is 2.19. The predicted octanol–water partition coefficient (Wildman–Crippen LogP) is 3.18. The molecule has 1 aromatic rings. The molecule has 0 bridgehead atoms. The Hall–Kier alpha value is -0.740. The van der Waals surface area contributed by atoms with E-state index in [1.54, 1.807) is 6.07 Å². The van der Waals surface area contributed by atoms with Gasteiger partial charge in [0.2, 0.25) is 5.91 Å². The number of anilines is 1. The molecule has 1 aliphatic carbocycles. The summed E-state index contributed by atoms with van der Waals surface area (Å²) in [7, 11) is 0. The van der Waals surface area contributed by atoms with Crippen LogP contribution < -0.4 is 10.6 Å². The number of benzene rings is 1. The molecule has 0 saturated heterocycles. The van der Waals surface area contributed by atoms with E-state index in [0.29, 0.717) is 11.1 Å². The summed E-state index contributed by atoms with van der Waals surface area (Å²) in [6.45, 7) is 1.83. The summed E-state index contributed by atoms with van der Waals surface area (Å²) >= 11 is 9.41. The monoisotopic (exact) mass is 316 g/mol. The number of nitrogens with one attached hydrogen (secondary N) is 2. The Balaban J connectivity index is 1.96. The lowest BCUT2D eigenvalue weighted by Crippen LogP contribution is -2.38. The number of carbonyl (C=O) groups is 1. The molecule has 1 saturated carbocycles. The van der Waals surface area contributed by atoms with E-state index in [-0.39, 0.29) is 11.9 Å². The minimum atomic E-state index is -0.283. The van der Waals surface area contributed by atoms with Crippen LogP contribution in [0.25, 0.3) is 0 Å². The van der Waals surface area contributed by atoms with Crippen molar-refractivity contribution in [1.82, 2.24) is 5.32 Å². The van der Waals surface area contributed by atoms with Crippen LogP contribution in [0.4, 0.5) is 5.69 Å². The lowest BCUT2D eigenvalue weighted by molar-refractivity contribution is -0.121. The zero-order chi connectivity index (χ0) is 12.4. The van der Waals surface area contributed by atoms with Crippen LogP contribution in [0, 0.1) is 0 Å². The molecular weight excluding hydrogens is 304 g/mol. The van der Waals surface area contributed by atoms with E-state index in [4.69, 9.17) is 11.6 Å². The van der Waals surface area contributed by atoms with E-state index >= 15 is 0 Å². The lowest BCUT2D eigenvalue weighted by Gasteiger charge is -2.16. The van der Waals surface area contributed by atoms with Crippen LogP contribution in [-0.2, 0) is 4.79 Å². The third kappa shape index (κ3) is 3.61. The van der Waals surface area contributed by atoms with Crippen molar-refractivity contribution in [2.45, 2.75) is 31.8 Å². The van der Waals surface area contributed by atoms with Gasteiger partial charge in [-0.05, 0) is 38.0 Å². The van der Waals surface area contributed by atoms with Gasteiger partial charge in [0.15, 0.2) is 0 Å². The van der Waals surface area contributed by atoms with Crippen molar-refractivity contribution in [2.24, 2.45) is 0 Å². The Labute approximate surface area is 114 Å². The van der Waals surface area contributed by atoms with Crippen molar-refractivity contribution in [3.05, 3.63) is 27.7 Å². The molecule has 1 amide bonds. The van der Waals surface area contributed by atoms with Gasteiger partial charge in [0.25, 0.3) is 0 Å². The van der Waals surface area contributed by atoms with Gasteiger partial charge in [0.05, 0.1) is 10.7 Å². The van der Waals surface area contributed by atoms with Gasteiger partial charge in [0.1, 0.15) is 6.04 Å². The minimum Gasteiger partial charge on any atom is -0.373 e. The second kappa shape index (κ2) is 5.27. The third-order valence-electron chi connectivity index (χ3n) is 2.62. The van der Waals surface area contributed by atoms with Crippen LogP contribution in [0.1, 0.15) is 19.8 Å². The number of halogens is 2. The van der Waals surface area contributed by atoms with E-state index < -0.39 is 0 Å². The number of rotatable bonds is 4. The van der Waals surface area contributed by atoms with E-state index in [2.05, 4.69) is 26.6 Å². The summed E-state index contributed by atoms with van der Waals surface area (Å²) in [6, 6.07) is 5.64. The van der Waals surface area contributed by atoms with E-state index in [1.165, 1.54) is 0 Å². The first kappa shape index (κ1) is 12.7. The van der Waals surface area contributed by atoms with Crippen molar-refractivity contribution in [2.75, 3.05) is 5.32 Å². The highest BCUT2D eigenvalue weighted by Gasteiger charge is 2.25. The fourth-order valence-corrected chi connectivity index (χ4v) is 2.19. The van der Waals surface area contributed by atoms with Gasteiger partial charge in [-0.3, -0.25) is 4.79 Å². The number of amides is 1. The second-order valence-corrected chi connectivity index (χ2v) is 5.60. The molecule has 17 heavy (non-hydrogen) atoms. The Morgan fingerprint density at radius 3 is 2.82 bits per heavy atom. The van der Waals surface area contributed by atoms with Crippen LogP contribution in [-0.4, -0.2) is 18.0 Å². The Bertz CT molecular complexity index is 435. The Kier molecular flexibility index (Phi) is 3.94. The molecule has 0 radical (unpaired) electrons. The fraction of sp³-hybridized carbons (Fsp3) is 0.417. The summed E-state index contributed by atoms with van der Waals surface area (Å²) in [5.74, 6) is 0.0199. The zero-order valence-corrected chi connectivity index (χ0v) is 11.8. The first-order valence-corrected chi connectivity index (χ1v) is 6.75. The van der Waals surface area contributed by atoms with Gasteiger partial charge in [-0.15, -0.1) is 0 Å². The fourth-order valence-electron chi connectivity index (χ4n) is 1.46. The first-order chi connectivity index (χ1) is 8.06. The number of hydrogen-bond acceptors (Lipinski definition) is 2. The molecule has 1 aliphatic rings. The molecule has 1 fully saturated rings. The molecule has 0 aromatic heterocycles. The molecular formula is C12H14BrClN2O. The highest BCUT2D eigenvalue weighted by atomic mass is 79.9. The van der Waals surface area contributed by atoms with Gasteiger partial charge in [-0.2, -0.15) is 0 Å². The second-order valence-electron chi connectivity index (χ2n) is 4.27. The molecule has 1 unspecified atom stereocenters. The molecule has 3 nitrogen and oxygen atoms in total. The van der Waals surface area contributed by atoms with Crippen LogP contribution >= 0.6 is 27.5 Å². The molecule has 92 valence electrons. The smallest absolute Gasteiger partial charge is 0.242 e. The molecule has 0 aliphatic heterocycles. The molecule has 2 N–H and O–H groups in total. The summed E-state index contributed by atoms with van der Waals surface area (Å²) in [5, 5.41) is 6.66. The summed E-state index contributed by atoms with van der Waals surface area (Å²) in [4.78, 5) is 11.8. The molecule has 1 aromatic carbocycles. The van der Waals surface area contributed by atoms with Crippen LogP contribution in [0.3, 0.4) is 0 Å². The quantitative estimate of drug-likeness (QED) is 0.895. The number of carbonyl (C=O) groups excluding carboxylic acids is 1. The largest absolute Gasteiger partial charge is 0.373 e. The normalized spacial score (nSPS) is 16.4. The van der Waals surface area contributed by atoms with Gasteiger partial charge < -0.3 is 10.6 Å². The maximum absolute atomic E-state index is 11.8. The van der Waals surface area contributed by atoms with Crippen molar-refractivity contribution >= 4 is 39.1 Å². The zero-order valence-electron chi connectivity index (χ0n) is 9.47. The van der Waals surface area contributed by atoms with Crippen molar-refractivity contribution < 1.29 is 4.79 Å². The topological polar surface area (TPSA) is 41.1 Å². The highest BCUT2D eigenvalue weighted by molar-refractivity contribution is 9.10. The highest BCUT2D eigenvalue weighted by Crippen LogP contribution is 2.26. The SMILES string of the molecule is CC(Nc1ccc(Br)cc1Cl)C(=O)NC1CC1. The lowest BCUT2D eigenvalue weighted by atomic mass is 10.2. The van der Waals surface area contributed by atoms with Crippen LogP contribution in [0.5, 0.6) is 0 Å². The average Bonchev–Trinajstić information content (AvgIpc) is 3.06. The molecule has 0 spiro atoms. The predicted molar refractivity (Wildman–Crippen MR) is 73.4 cm³/mol. The molecule has 1 atom stereocenters. The van der Waals surface area contributed by atoms with Crippen LogP contribution in [0.2, 0.25) is 5.02 Å². The molecule has 0 heterocycles. The first-order valence-electron chi connectivity index (χ1n) is 5.58. The van der Waals surface area contributed by atoms with E-state index in [1.807, 2.05) is 19.1 Å². The van der Waals surface area contributed by atoms with Crippen molar-refractivity contribution in [3.63, 3.8) is 0 Å². The Morgan fingerprint density at radius 1 is 1.53 bits per heavy atom. The summed E-state index contributed by atoms with van der Waals surface area (Å²) in [5.41, 5.74) is 0.772. The summed E-state index contributed by atoms with van der Waals surface area (Å²) < 4.78 is 0.920. The van der Waals surface area contributed by atoms with E-state index in [0.717, 1.165) is 23.0 Å². The van der Waals surface area contributed by atoms with Gasteiger partial charge in [0, 0.05) is 10.5 Å². The van der Waals surface area contributed by atoms with Gasteiger partial charge in [-0.25, -0.2) is 0 Å². The Morgan fingerprint density at radius 2 is 2.24 bits per heavy atom. The van der Waals surface area contributed by atoms with Crippen molar-refractivity contribution in [3.8, 4) is 0 Å². The minimum absolute atomic E-state index is 0.0199. The van der Waals surface area contributed by atoms with Gasteiger partial charge in [-0.1, -0.05) is 27.5 Å². The standard InChI is InChI=1S/C12H14BrClN2O/c1-7(12(17)16-9-3-4-9)15-11-5-2-8(13)6-10(11)14/h2,5-7,9,15H,3-4H2,1H3,(H,16,17). The number of hydrogen-bond donors (Lipinski definition) is 2. The van der Waals surface area contributed by atoms with Gasteiger partial charge >= 0.3 is 0 Å². The van der Waals surface area contributed by atoms with Crippen molar-refractivity contribution in [1.29, 1.82) is 0 Å². The average molecular weight is 318 g/mol. The molecule has 5 heteroatoms. The maximum atomic E-state index is 11.8. The molecule has 2 rings (SSSR count). The third-order valence-corrected chi connectivity index (χ3v) is 3.43. The van der Waals surface area contributed by atoms with Crippen LogP contribution in [0.15, 0.2) is 22.7 Å².